The van der Waals surface area contributed by atoms with Crippen LogP contribution in [-0.2, 0) is 13.5 Å². The summed E-state index contributed by atoms with van der Waals surface area (Å²) in [5.74, 6) is 0.0114. The van der Waals surface area contributed by atoms with Crippen LogP contribution in [0.1, 0.15) is 21.7 Å². The van der Waals surface area contributed by atoms with Crippen molar-refractivity contribution in [3.05, 3.63) is 46.5 Å². The van der Waals surface area contributed by atoms with E-state index in [4.69, 9.17) is 11.6 Å². The molecule has 4 nitrogen and oxygen atoms in total. The molecule has 2 aromatic rings. The number of hydrogen-bond donors (Lipinski definition) is 0. The van der Waals surface area contributed by atoms with E-state index in [1.807, 2.05) is 6.92 Å². The number of aryl methyl sites for hydroxylation is 2. The average Bonchev–Trinajstić information content (AvgIpc) is 2.57. The van der Waals surface area contributed by atoms with Crippen LogP contribution < -0.4 is 0 Å². The predicted molar refractivity (Wildman–Crippen MR) is 65.2 cm³/mol. The fourth-order valence-electron chi connectivity index (χ4n) is 1.66. The van der Waals surface area contributed by atoms with Crippen LogP contribution in [0.25, 0.3) is 0 Å². The van der Waals surface area contributed by atoms with E-state index in [1.54, 1.807) is 36.3 Å². The quantitative estimate of drug-likeness (QED) is 0.784. The van der Waals surface area contributed by atoms with Gasteiger partial charge >= 0.3 is 0 Å². The number of hydrogen-bond acceptors (Lipinski definition) is 3. The number of ketones is 1. The Morgan fingerprint density at radius 2 is 2.06 bits per heavy atom. The molecule has 0 spiro atoms. The summed E-state index contributed by atoms with van der Waals surface area (Å²) in [7, 11) is 1.79. The molecule has 0 aliphatic rings. The Bertz CT molecular complexity index is 548. The summed E-state index contributed by atoms with van der Waals surface area (Å²) in [5.41, 5.74) is 2.12. The molecule has 0 bridgehead atoms. The zero-order chi connectivity index (χ0) is 12.4. The van der Waals surface area contributed by atoms with Crippen LogP contribution in [-0.4, -0.2) is 20.5 Å². The van der Waals surface area contributed by atoms with Gasteiger partial charge in [0.25, 0.3) is 0 Å². The van der Waals surface area contributed by atoms with Crippen LogP contribution in [0.3, 0.4) is 0 Å². The molecule has 0 unspecified atom stereocenters. The number of Topliss-reactive ketones (excluding diaryl/α,β-unsaturated/α-hetero) is 1. The lowest BCUT2D eigenvalue weighted by atomic mass is 10.1. The molecule has 0 amide bonds. The summed E-state index contributed by atoms with van der Waals surface area (Å²) in [6.07, 6.45) is 3.45. The summed E-state index contributed by atoms with van der Waals surface area (Å²) in [6.45, 7) is 1.82. The molecular formula is C12H12ClN3O. The number of carbonyl (C=O) groups is 1. The first-order valence-corrected chi connectivity index (χ1v) is 5.58. The van der Waals surface area contributed by atoms with E-state index in [9.17, 15) is 4.79 Å². The van der Waals surface area contributed by atoms with Crippen molar-refractivity contribution >= 4 is 17.4 Å². The monoisotopic (exact) mass is 249 g/mol. The normalized spacial score (nSPS) is 10.5. The average molecular weight is 250 g/mol. The molecule has 0 atom stereocenters. The Balaban J connectivity index is 2.25. The van der Waals surface area contributed by atoms with Gasteiger partial charge in [-0.25, -0.2) is 0 Å². The van der Waals surface area contributed by atoms with Gasteiger partial charge in [0.15, 0.2) is 5.78 Å². The SMILES string of the molecule is Cc1nn(C)c(CC(=O)c2ccncc2)c1Cl. The highest BCUT2D eigenvalue weighted by Gasteiger charge is 2.15. The van der Waals surface area contributed by atoms with Gasteiger partial charge in [0.05, 0.1) is 22.8 Å². The summed E-state index contributed by atoms with van der Waals surface area (Å²) in [4.78, 5) is 15.9. The van der Waals surface area contributed by atoms with Crippen molar-refractivity contribution < 1.29 is 4.79 Å². The van der Waals surface area contributed by atoms with Crippen LogP contribution in [0.5, 0.6) is 0 Å². The van der Waals surface area contributed by atoms with E-state index in [2.05, 4.69) is 10.1 Å². The number of nitrogens with zero attached hydrogens (tertiary/aromatic N) is 3. The molecule has 0 aliphatic carbocycles. The summed E-state index contributed by atoms with van der Waals surface area (Å²) in [5, 5.41) is 4.74. The summed E-state index contributed by atoms with van der Waals surface area (Å²) in [6, 6.07) is 3.39. The molecule has 2 aromatic heterocycles. The number of halogens is 1. The highest BCUT2D eigenvalue weighted by molar-refractivity contribution is 6.32. The first kappa shape index (κ1) is 11.8. The van der Waals surface area contributed by atoms with E-state index in [0.29, 0.717) is 10.6 Å². The van der Waals surface area contributed by atoms with Crippen molar-refractivity contribution in [2.45, 2.75) is 13.3 Å². The minimum atomic E-state index is 0.0114. The maximum atomic E-state index is 12.0. The van der Waals surface area contributed by atoms with E-state index in [1.165, 1.54) is 0 Å². The maximum Gasteiger partial charge on any atom is 0.168 e. The minimum absolute atomic E-state index is 0.0114. The van der Waals surface area contributed by atoms with Gasteiger partial charge in [-0.2, -0.15) is 5.10 Å². The van der Waals surface area contributed by atoms with Gasteiger partial charge in [0, 0.05) is 25.0 Å². The lowest BCUT2D eigenvalue weighted by Gasteiger charge is -2.02. The molecule has 5 heteroatoms. The second kappa shape index (κ2) is 4.67. The molecule has 0 radical (unpaired) electrons. The van der Waals surface area contributed by atoms with Crippen molar-refractivity contribution in [1.82, 2.24) is 14.8 Å². The zero-order valence-electron chi connectivity index (χ0n) is 9.64. The van der Waals surface area contributed by atoms with Gasteiger partial charge in [-0.1, -0.05) is 11.6 Å². The van der Waals surface area contributed by atoms with Gasteiger partial charge in [0.2, 0.25) is 0 Å². The van der Waals surface area contributed by atoms with Crippen molar-refractivity contribution in [3.63, 3.8) is 0 Å². The Morgan fingerprint density at radius 1 is 1.41 bits per heavy atom. The molecule has 0 aliphatic heterocycles. The van der Waals surface area contributed by atoms with E-state index in [-0.39, 0.29) is 12.2 Å². The van der Waals surface area contributed by atoms with Crippen LogP contribution in [0.4, 0.5) is 0 Å². The first-order valence-electron chi connectivity index (χ1n) is 5.21. The molecule has 88 valence electrons. The number of aromatic nitrogens is 3. The Morgan fingerprint density at radius 3 is 2.59 bits per heavy atom. The fourth-order valence-corrected chi connectivity index (χ4v) is 1.89. The highest BCUT2D eigenvalue weighted by Crippen LogP contribution is 2.20. The van der Waals surface area contributed by atoms with Gasteiger partial charge < -0.3 is 0 Å². The predicted octanol–water partition coefficient (Wildman–Crippen LogP) is 2.20. The fraction of sp³-hybridized carbons (Fsp3) is 0.250. The van der Waals surface area contributed by atoms with Gasteiger partial charge in [-0.3, -0.25) is 14.5 Å². The largest absolute Gasteiger partial charge is 0.294 e. The molecule has 17 heavy (non-hydrogen) atoms. The second-order valence-corrected chi connectivity index (χ2v) is 4.18. The standard InChI is InChI=1S/C12H12ClN3O/c1-8-12(13)10(16(2)15-8)7-11(17)9-3-5-14-6-4-9/h3-6H,7H2,1-2H3. The van der Waals surface area contributed by atoms with Gasteiger partial charge in [-0.05, 0) is 19.1 Å². The van der Waals surface area contributed by atoms with E-state index < -0.39 is 0 Å². The zero-order valence-corrected chi connectivity index (χ0v) is 10.4. The molecule has 2 heterocycles. The van der Waals surface area contributed by atoms with Crippen LogP contribution in [0.15, 0.2) is 24.5 Å². The van der Waals surface area contributed by atoms with Crippen LogP contribution >= 0.6 is 11.6 Å². The molecule has 0 N–H and O–H groups in total. The van der Waals surface area contributed by atoms with Crippen LogP contribution in [0, 0.1) is 6.92 Å². The third kappa shape index (κ3) is 2.36. The number of rotatable bonds is 3. The second-order valence-electron chi connectivity index (χ2n) is 3.81. The van der Waals surface area contributed by atoms with Crippen molar-refractivity contribution in [2.24, 2.45) is 7.05 Å². The van der Waals surface area contributed by atoms with Crippen LogP contribution in [0.2, 0.25) is 5.02 Å². The topological polar surface area (TPSA) is 47.8 Å². The van der Waals surface area contributed by atoms with E-state index >= 15 is 0 Å². The minimum Gasteiger partial charge on any atom is -0.294 e. The molecular weight excluding hydrogens is 238 g/mol. The summed E-state index contributed by atoms with van der Waals surface area (Å²) < 4.78 is 1.65. The van der Waals surface area contributed by atoms with Crippen molar-refractivity contribution in [3.8, 4) is 0 Å². The van der Waals surface area contributed by atoms with Gasteiger partial charge in [0.1, 0.15) is 0 Å². The van der Waals surface area contributed by atoms with Crippen molar-refractivity contribution in [2.75, 3.05) is 0 Å². The Labute approximate surface area is 104 Å². The first-order chi connectivity index (χ1) is 8.09. The van der Waals surface area contributed by atoms with Crippen molar-refractivity contribution in [1.29, 1.82) is 0 Å². The third-order valence-electron chi connectivity index (χ3n) is 2.59. The molecule has 0 saturated carbocycles. The molecule has 0 fully saturated rings. The lowest BCUT2D eigenvalue weighted by molar-refractivity contribution is 0.0990. The van der Waals surface area contributed by atoms with Gasteiger partial charge in [-0.15, -0.1) is 0 Å². The molecule has 0 aromatic carbocycles. The van der Waals surface area contributed by atoms with E-state index in [0.717, 1.165) is 11.4 Å². The molecule has 0 saturated heterocycles. The number of carbonyl (C=O) groups excluding carboxylic acids is 1. The Hall–Kier alpha value is -1.68. The maximum absolute atomic E-state index is 12.0. The lowest BCUT2D eigenvalue weighted by Crippen LogP contribution is -2.08. The highest BCUT2D eigenvalue weighted by atomic mass is 35.5. The third-order valence-corrected chi connectivity index (χ3v) is 3.08. The molecule has 2 rings (SSSR count). The Kier molecular flexibility index (Phi) is 3.24. The smallest absolute Gasteiger partial charge is 0.168 e. The number of pyridine rings is 1. The summed E-state index contributed by atoms with van der Waals surface area (Å²) >= 11 is 6.10.